The fourth-order valence-corrected chi connectivity index (χ4v) is 6.93. The van der Waals surface area contributed by atoms with Gasteiger partial charge in [-0.05, 0) is 75.4 Å². The second-order valence-electron chi connectivity index (χ2n) is 13.3. The number of hydrogen-bond acceptors (Lipinski definition) is 7. The number of halogens is 1. The molecular formula is C39H39ClN4O4. The molecule has 5 aromatic rings. The second kappa shape index (κ2) is 12.7. The Labute approximate surface area is 285 Å². The minimum atomic E-state index is -1.09. The molecule has 2 aliphatic heterocycles. The number of carbonyl (C=O) groups is 1. The van der Waals surface area contributed by atoms with Gasteiger partial charge in [0.25, 0.3) is 0 Å². The molecule has 0 saturated heterocycles. The van der Waals surface area contributed by atoms with Gasteiger partial charge in [-0.3, -0.25) is 0 Å². The van der Waals surface area contributed by atoms with E-state index in [1.54, 1.807) is 4.52 Å². The zero-order valence-electron chi connectivity index (χ0n) is 27.9. The molecule has 0 amide bonds. The summed E-state index contributed by atoms with van der Waals surface area (Å²) in [7, 11) is 1.36. The zero-order chi connectivity index (χ0) is 33.6. The number of carbonyl (C=O) groups excluding carboxylic acids is 1. The fraction of sp³-hybridized carbons (Fsp3) is 0.308. The second-order valence-corrected chi connectivity index (χ2v) is 13.6. The van der Waals surface area contributed by atoms with Gasteiger partial charge in [0.05, 0.1) is 41.4 Å². The smallest absolute Gasteiger partial charge is 0.339 e. The van der Waals surface area contributed by atoms with Crippen LogP contribution in [0.5, 0.6) is 5.75 Å². The van der Waals surface area contributed by atoms with Crippen LogP contribution in [0, 0.1) is 6.92 Å². The minimum Gasteiger partial charge on any atom is -0.490 e. The van der Waals surface area contributed by atoms with Crippen LogP contribution < -0.4 is 9.64 Å². The molecule has 7 rings (SSSR count). The Kier molecular flexibility index (Phi) is 8.48. The van der Waals surface area contributed by atoms with Crippen molar-refractivity contribution in [1.82, 2.24) is 14.6 Å². The Hall–Kier alpha value is -4.66. The molecule has 9 heteroatoms. The Balaban J connectivity index is 1.53. The predicted molar refractivity (Wildman–Crippen MR) is 190 cm³/mol. The number of rotatable bonds is 3. The van der Waals surface area contributed by atoms with Crippen LogP contribution in [0.15, 0.2) is 78.9 Å². The van der Waals surface area contributed by atoms with Gasteiger partial charge < -0.3 is 19.1 Å². The topological polar surface area (TPSA) is 78.2 Å². The van der Waals surface area contributed by atoms with Crippen molar-refractivity contribution in [2.75, 3.05) is 31.7 Å². The highest BCUT2D eigenvalue weighted by atomic mass is 35.5. The van der Waals surface area contributed by atoms with E-state index in [0.717, 1.165) is 40.9 Å². The summed E-state index contributed by atoms with van der Waals surface area (Å²) in [4.78, 5) is 20.7. The molecule has 4 heterocycles. The van der Waals surface area contributed by atoms with Crippen molar-refractivity contribution in [3.63, 3.8) is 0 Å². The van der Waals surface area contributed by atoms with E-state index in [-0.39, 0.29) is 0 Å². The summed E-state index contributed by atoms with van der Waals surface area (Å²) in [6.45, 7) is 9.51. The van der Waals surface area contributed by atoms with Gasteiger partial charge in [-0.15, -0.1) is 0 Å². The summed E-state index contributed by atoms with van der Waals surface area (Å²) < 4.78 is 19.6. The summed E-state index contributed by atoms with van der Waals surface area (Å²) in [5, 5.41) is 5.65. The SMILES string of the molecule is COC(=O)[C@@H](OC(C)(C)C)c1c(C)nc2cc3nn2c1-c1ccc2c(c1Cl)N(C/C=C/CCc1cccc(c1)-c1cccc-3c1)CCO2. The van der Waals surface area contributed by atoms with E-state index in [1.165, 1.54) is 12.7 Å². The maximum absolute atomic E-state index is 13.5. The van der Waals surface area contributed by atoms with Crippen LogP contribution in [0.1, 0.15) is 50.1 Å². The molecular weight excluding hydrogens is 624 g/mol. The van der Waals surface area contributed by atoms with Crippen LogP contribution in [0.25, 0.3) is 39.3 Å². The Morgan fingerprint density at radius 3 is 2.56 bits per heavy atom. The third-order valence-corrected chi connectivity index (χ3v) is 9.14. The fourth-order valence-electron chi connectivity index (χ4n) is 6.57. The number of aryl methyl sites for hydroxylation is 2. The van der Waals surface area contributed by atoms with Gasteiger partial charge in [-0.2, -0.15) is 5.10 Å². The Morgan fingerprint density at radius 1 is 1.00 bits per heavy atom. The lowest BCUT2D eigenvalue weighted by molar-refractivity contribution is -0.164. The molecule has 3 aromatic carbocycles. The monoisotopic (exact) mass is 662 g/mol. The van der Waals surface area contributed by atoms with Crippen molar-refractivity contribution in [2.45, 2.75) is 52.2 Å². The van der Waals surface area contributed by atoms with Crippen LogP contribution >= 0.6 is 11.6 Å². The lowest BCUT2D eigenvalue weighted by atomic mass is 9.97. The molecule has 8 nitrogen and oxygen atoms in total. The van der Waals surface area contributed by atoms with Gasteiger partial charge in [0, 0.05) is 35.0 Å². The third-order valence-electron chi connectivity index (χ3n) is 8.76. The number of allylic oxidation sites excluding steroid dienone is 1. The van der Waals surface area contributed by atoms with E-state index in [4.69, 9.17) is 35.9 Å². The van der Waals surface area contributed by atoms with Crippen LogP contribution in [0.2, 0.25) is 5.02 Å². The van der Waals surface area contributed by atoms with Crippen LogP contribution in [-0.4, -0.2) is 53.0 Å². The van der Waals surface area contributed by atoms with Crippen LogP contribution in [0.3, 0.4) is 0 Å². The van der Waals surface area contributed by atoms with Gasteiger partial charge in [-0.25, -0.2) is 14.3 Å². The Morgan fingerprint density at radius 2 is 1.77 bits per heavy atom. The Bertz CT molecular complexity index is 2060. The van der Waals surface area contributed by atoms with E-state index >= 15 is 0 Å². The van der Waals surface area contributed by atoms with Gasteiger partial charge in [0.15, 0.2) is 11.8 Å². The van der Waals surface area contributed by atoms with Crippen molar-refractivity contribution in [1.29, 1.82) is 0 Å². The molecule has 2 aromatic heterocycles. The summed E-state index contributed by atoms with van der Waals surface area (Å²) in [6, 6.07) is 22.9. The number of esters is 1. The molecule has 8 bridgehead atoms. The normalized spacial score (nSPS) is 15.7. The molecule has 1 atom stereocenters. The molecule has 0 saturated carbocycles. The lowest BCUT2D eigenvalue weighted by Gasteiger charge is -2.32. The number of hydrogen-bond donors (Lipinski definition) is 0. The molecule has 0 spiro atoms. The van der Waals surface area contributed by atoms with Crippen molar-refractivity contribution in [2.24, 2.45) is 0 Å². The highest BCUT2D eigenvalue weighted by Crippen LogP contribution is 2.47. The van der Waals surface area contributed by atoms with E-state index < -0.39 is 17.7 Å². The predicted octanol–water partition coefficient (Wildman–Crippen LogP) is 8.42. The first-order valence-corrected chi connectivity index (χ1v) is 16.7. The molecule has 246 valence electrons. The maximum atomic E-state index is 13.5. The highest BCUT2D eigenvalue weighted by molar-refractivity contribution is 6.36. The average molecular weight is 663 g/mol. The van der Waals surface area contributed by atoms with E-state index in [0.29, 0.717) is 58.6 Å². The van der Waals surface area contributed by atoms with E-state index in [9.17, 15) is 4.79 Å². The number of fused-ring (bicyclic) bond motifs is 9. The van der Waals surface area contributed by atoms with E-state index in [1.807, 2.05) is 45.9 Å². The highest BCUT2D eigenvalue weighted by Gasteiger charge is 2.35. The van der Waals surface area contributed by atoms with Gasteiger partial charge in [0.2, 0.25) is 0 Å². The first kappa shape index (κ1) is 31.9. The average Bonchev–Trinajstić information content (AvgIpc) is 3.50. The number of anilines is 1. The summed E-state index contributed by atoms with van der Waals surface area (Å²) in [5.41, 5.74) is 8.42. The number of aromatic nitrogens is 3. The molecule has 0 fully saturated rings. The molecule has 0 N–H and O–H groups in total. The van der Waals surface area contributed by atoms with Crippen LogP contribution in [0.4, 0.5) is 5.69 Å². The lowest BCUT2D eigenvalue weighted by Crippen LogP contribution is -2.33. The number of methoxy groups -OCH3 is 1. The molecule has 48 heavy (non-hydrogen) atoms. The number of ether oxygens (including phenoxy) is 3. The largest absolute Gasteiger partial charge is 0.490 e. The third kappa shape index (κ3) is 6.06. The van der Waals surface area contributed by atoms with Gasteiger partial charge in [-0.1, -0.05) is 66.2 Å². The first-order valence-electron chi connectivity index (χ1n) is 16.3. The first-order chi connectivity index (χ1) is 23.1. The van der Waals surface area contributed by atoms with Crippen molar-refractivity contribution in [3.8, 4) is 39.4 Å². The van der Waals surface area contributed by atoms with Gasteiger partial charge in [0.1, 0.15) is 12.4 Å². The molecule has 0 unspecified atom stereocenters. The number of nitrogens with zero attached hydrogens (tertiary/aromatic N) is 4. The summed E-state index contributed by atoms with van der Waals surface area (Å²) in [5.74, 6) is 0.176. The minimum absolute atomic E-state index is 0.501. The standard InChI is InChI=1S/C39H39ClN4O4/c1-24-33(37(38(45)46-5)48-39(2,3)4)35-29-16-17-31-36(34(29)40)43(19-20-47-31)18-8-6-7-11-25-12-9-13-26(21-25)27-14-10-15-28(22-27)30-23-32(41-24)44(35)42-30/h6,8-10,12-17,21-23,37H,7,11,18-20H2,1-5H3/b8-6+/t37-/m0/s1. The van der Waals surface area contributed by atoms with Crippen molar-refractivity contribution < 1.29 is 19.0 Å². The van der Waals surface area contributed by atoms with Crippen molar-refractivity contribution in [3.05, 3.63) is 101 Å². The quantitative estimate of drug-likeness (QED) is 0.142. The molecule has 2 aliphatic rings. The van der Waals surface area contributed by atoms with Gasteiger partial charge >= 0.3 is 5.97 Å². The summed E-state index contributed by atoms with van der Waals surface area (Å²) in [6.07, 6.45) is 5.20. The zero-order valence-corrected chi connectivity index (χ0v) is 28.7. The van der Waals surface area contributed by atoms with Crippen LogP contribution in [-0.2, 0) is 20.7 Å². The molecule has 0 radical (unpaired) electrons. The van der Waals surface area contributed by atoms with E-state index in [2.05, 4.69) is 65.6 Å². The van der Waals surface area contributed by atoms with Crippen molar-refractivity contribution >= 4 is 28.9 Å². The molecule has 0 aliphatic carbocycles. The summed E-state index contributed by atoms with van der Waals surface area (Å²) >= 11 is 7.42. The maximum Gasteiger partial charge on any atom is 0.339 e. The number of benzene rings is 3.